The fourth-order valence-electron chi connectivity index (χ4n) is 1.24. The highest BCUT2D eigenvalue weighted by molar-refractivity contribution is 7.57. The second-order valence-electron chi connectivity index (χ2n) is 3.02. The molecule has 1 atom stereocenters. The van der Waals surface area contributed by atoms with Gasteiger partial charge in [-0.2, -0.15) is 0 Å². The van der Waals surface area contributed by atoms with Crippen LogP contribution in [0.25, 0.3) is 0 Å². The van der Waals surface area contributed by atoms with Gasteiger partial charge in [-0.05, 0) is 19.1 Å². The zero-order chi connectivity index (χ0) is 10.8. The molecule has 0 N–H and O–H groups in total. The van der Waals surface area contributed by atoms with Crippen LogP contribution in [0.3, 0.4) is 0 Å². The van der Waals surface area contributed by atoms with Crippen LogP contribution in [-0.2, 0) is 18.4 Å². The van der Waals surface area contributed by atoms with Crippen molar-refractivity contribution in [2.75, 3.05) is 14.2 Å². The highest BCUT2D eigenvalue weighted by Crippen LogP contribution is 2.60. The first-order valence-corrected chi connectivity index (χ1v) is 5.57. The van der Waals surface area contributed by atoms with Crippen molar-refractivity contribution in [2.45, 2.75) is 12.1 Å². The largest absolute Gasteiger partial charge is 0.347 e. The predicted molar refractivity (Wildman–Crippen MR) is 52.0 cm³/mol. The molecule has 1 radical (unpaired) electrons. The number of ketones is 1. The second kappa shape index (κ2) is 3.81. The van der Waals surface area contributed by atoms with E-state index in [1.807, 2.05) is 0 Å². The number of hydrogen-bond donors (Lipinski definition) is 0. The van der Waals surface area contributed by atoms with Crippen molar-refractivity contribution in [3.63, 3.8) is 0 Å². The zero-order valence-corrected chi connectivity index (χ0v) is 9.21. The fraction of sp³-hybridized carbons (Fsp3) is 0.444. The summed E-state index contributed by atoms with van der Waals surface area (Å²) in [5.41, 5.74) is 0. The van der Waals surface area contributed by atoms with E-state index in [1.54, 1.807) is 0 Å². The average Bonchev–Trinajstić information content (AvgIpc) is 2.21. The van der Waals surface area contributed by atoms with E-state index in [4.69, 9.17) is 9.05 Å². The van der Waals surface area contributed by atoms with Gasteiger partial charge in [0, 0.05) is 14.2 Å². The lowest BCUT2D eigenvalue weighted by atomic mass is 10.0. The SMILES string of the molecule is COP(=O)(OC)C1(C)C=C[C]=CC1=O. The van der Waals surface area contributed by atoms with Crippen molar-refractivity contribution >= 4 is 13.4 Å². The van der Waals surface area contributed by atoms with Crippen LogP contribution >= 0.6 is 7.60 Å². The van der Waals surface area contributed by atoms with Gasteiger partial charge in [-0.25, -0.2) is 0 Å². The Balaban J connectivity index is 3.18. The van der Waals surface area contributed by atoms with E-state index >= 15 is 0 Å². The Labute approximate surface area is 83.1 Å². The standard InChI is InChI=1S/C9H12O4P/c1-9(14(11,12-2)13-3)7-5-4-6-8(9)10/h5-7H,1-3H3. The molecular formula is C9H12O4P. The molecule has 0 saturated carbocycles. The molecule has 0 fully saturated rings. The second-order valence-corrected chi connectivity index (χ2v) is 5.67. The molecular weight excluding hydrogens is 203 g/mol. The summed E-state index contributed by atoms with van der Waals surface area (Å²) in [6, 6.07) is 0. The van der Waals surface area contributed by atoms with Crippen molar-refractivity contribution in [1.29, 1.82) is 0 Å². The molecule has 0 spiro atoms. The van der Waals surface area contributed by atoms with Crippen molar-refractivity contribution < 1.29 is 18.4 Å². The van der Waals surface area contributed by atoms with Crippen molar-refractivity contribution in [2.24, 2.45) is 0 Å². The summed E-state index contributed by atoms with van der Waals surface area (Å²) < 4.78 is 21.7. The molecule has 0 amide bonds. The first-order chi connectivity index (χ1) is 6.50. The molecule has 14 heavy (non-hydrogen) atoms. The van der Waals surface area contributed by atoms with Gasteiger partial charge < -0.3 is 9.05 Å². The molecule has 1 rings (SSSR count). The third-order valence-electron chi connectivity index (χ3n) is 2.27. The lowest BCUT2D eigenvalue weighted by Gasteiger charge is -2.30. The van der Waals surface area contributed by atoms with E-state index < -0.39 is 12.8 Å². The minimum atomic E-state index is -3.43. The van der Waals surface area contributed by atoms with E-state index in [0.29, 0.717) is 0 Å². The van der Waals surface area contributed by atoms with E-state index in [9.17, 15) is 9.36 Å². The van der Waals surface area contributed by atoms with Crippen LogP contribution in [0.1, 0.15) is 6.92 Å². The van der Waals surface area contributed by atoms with Gasteiger partial charge in [0.15, 0.2) is 5.78 Å². The first-order valence-electron chi connectivity index (χ1n) is 4.03. The Bertz CT molecular complexity index is 337. The molecule has 1 unspecified atom stereocenters. The Morgan fingerprint density at radius 1 is 1.43 bits per heavy atom. The average molecular weight is 215 g/mol. The molecule has 0 bridgehead atoms. The van der Waals surface area contributed by atoms with Gasteiger partial charge >= 0.3 is 7.60 Å². The maximum absolute atomic E-state index is 12.1. The molecule has 4 nitrogen and oxygen atoms in total. The molecule has 77 valence electrons. The number of hydrogen-bond acceptors (Lipinski definition) is 4. The molecule has 0 heterocycles. The van der Waals surface area contributed by atoms with Crippen LogP contribution in [0.4, 0.5) is 0 Å². The summed E-state index contributed by atoms with van der Waals surface area (Å²) in [6.45, 7) is 1.52. The topological polar surface area (TPSA) is 52.6 Å². The molecule has 1 aliphatic carbocycles. The molecule has 1 aliphatic rings. The number of allylic oxidation sites excluding steroid dienone is 4. The highest BCUT2D eigenvalue weighted by atomic mass is 31.2. The molecule has 0 aromatic carbocycles. The molecule has 0 aliphatic heterocycles. The predicted octanol–water partition coefficient (Wildman–Crippen LogP) is 1.73. The Morgan fingerprint density at radius 2 is 2.00 bits per heavy atom. The van der Waals surface area contributed by atoms with Crippen molar-refractivity contribution in [3.8, 4) is 0 Å². The summed E-state index contributed by atoms with van der Waals surface area (Å²) in [4.78, 5) is 11.6. The summed E-state index contributed by atoms with van der Waals surface area (Å²) in [7, 11) is -0.907. The van der Waals surface area contributed by atoms with Crippen molar-refractivity contribution in [3.05, 3.63) is 24.3 Å². The van der Waals surface area contributed by atoms with Gasteiger partial charge in [-0.15, -0.1) is 0 Å². The van der Waals surface area contributed by atoms with Gasteiger partial charge in [0.1, 0.15) is 5.16 Å². The maximum Gasteiger partial charge on any atom is 0.347 e. The van der Waals surface area contributed by atoms with E-state index in [2.05, 4.69) is 6.08 Å². The van der Waals surface area contributed by atoms with Crippen molar-refractivity contribution in [1.82, 2.24) is 0 Å². The van der Waals surface area contributed by atoms with Gasteiger partial charge in [0.2, 0.25) is 0 Å². The summed E-state index contributed by atoms with van der Waals surface area (Å²) in [6.07, 6.45) is 6.89. The van der Waals surface area contributed by atoms with Crippen LogP contribution in [0, 0.1) is 6.08 Å². The monoisotopic (exact) mass is 215 g/mol. The molecule has 0 aromatic rings. The highest BCUT2D eigenvalue weighted by Gasteiger charge is 2.49. The summed E-state index contributed by atoms with van der Waals surface area (Å²) in [5, 5.41) is -1.23. The van der Waals surface area contributed by atoms with E-state index in [-0.39, 0.29) is 5.78 Å². The fourth-order valence-corrected chi connectivity index (χ4v) is 2.74. The lowest BCUT2D eigenvalue weighted by Crippen LogP contribution is -2.34. The van der Waals surface area contributed by atoms with Gasteiger partial charge in [-0.1, -0.05) is 12.2 Å². The van der Waals surface area contributed by atoms with Gasteiger partial charge in [0.25, 0.3) is 0 Å². The van der Waals surface area contributed by atoms with Crippen LogP contribution in [0.2, 0.25) is 0 Å². The van der Waals surface area contributed by atoms with Crippen LogP contribution in [-0.4, -0.2) is 25.2 Å². The molecule has 5 heteroatoms. The minimum absolute atomic E-state index is 0.327. The Kier molecular flexibility index (Phi) is 3.10. The van der Waals surface area contributed by atoms with E-state index in [0.717, 1.165) is 0 Å². The summed E-state index contributed by atoms with van der Waals surface area (Å²) in [5.74, 6) is -0.327. The summed E-state index contributed by atoms with van der Waals surface area (Å²) >= 11 is 0. The Morgan fingerprint density at radius 3 is 2.43 bits per heavy atom. The number of rotatable bonds is 3. The van der Waals surface area contributed by atoms with Gasteiger partial charge in [0.05, 0.1) is 0 Å². The smallest absolute Gasteiger partial charge is 0.311 e. The van der Waals surface area contributed by atoms with Crippen LogP contribution in [0.5, 0.6) is 0 Å². The molecule has 0 aromatic heterocycles. The van der Waals surface area contributed by atoms with Gasteiger partial charge in [-0.3, -0.25) is 9.36 Å². The van der Waals surface area contributed by atoms with E-state index in [1.165, 1.54) is 39.4 Å². The third-order valence-corrected chi connectivity index (χ3v) is 4.74. The lowest BCUT2D eigenvalue weighted by molar-refractivity contribution is -0.116. The molecule has 0 saturated heterocycles. The van der Waals surface area contributed by atoms with Crippen LogP contribution < -0.4 is 0 Å². The normalized spacial score (nSPS) is 26.9. The minimum Gasteiger partial charge on any atom is -0.311 e. The zero-order valence-electron chi connectivity index (χ0n) is 8.31. The third kappa shape index (κ3) is 1.50. The number of carbonyl (C=O) groups excluding carboxylic acids is 1. The first kappa shape index (κ1) is 11.4. The quantitative estimate of drug-likeness (QED) is 0.673. The Hall–Kier alpha value is -0.700. The van der Waals surface area contributed by atoms with Crippen LogP contribution in [0.15, 0.2) is 18.2 Å². The maximum atomic E-state index is 12.1. The number of carbonyl (C=O) groups is 1.